The molecule has 1 nitrogen and oxygen atoms in total. The summed E-state index contributed by atoms with van der Waals surface area (Å²) in [7, 11) is 2.89. The normalized spacial score (nSPS) is 14.3. The fraction of sp³-hybridized carbons (Fsp3) is 0.571. The summed E-state index contributed by atoms with van der Waals surface area (Å²) < 4.78 is 38.8. The molecule has 0 bridgehead atoms. The van der Waals surface area contributed by atoms with E-state index in [2.05, 4.69) is 13.8 Å². The van der Waals surface area contributed by atoms with Crippen molar-refractivity contribution in [3.05, 3.63) is 35.4 Å². The van der Waals surface area contributed by atoms with Crippen LogP contribution in [0.15, 0.2) is 24.3 Å². The predicted molar refractivity (Wildman–Crippen MR) is 67.5 cm³/mol. The molecule has 0 aliphatic carbocycles. The maximum atomic E-state index is 12.9. The van der Waals surface area contributed by atoms with Crippen molar-refractivity contribution in [1.29, 1.82) is 0 Å². The quantitative estimate of drug-likeness (QED) is 0.788. The van der Waals surface area contributed by atoms with Crippen LogP contribution in [0.4, 0.5) is 13.2 Å². The van der Waals surface area contributed by atoms with Crippen LogP contribution in [0.1, 0.15) is 31.0 Å². The summed E-state index contributed by atoms with van der Waals surface area (Å²) >= 11 is 0. The molecule has 1 aromatic rings. The maximum Gasteiger partial charge on any atom is 0.408 e. The van der Waals surface area contributed by atoms with Crippen molar-refractivity contribution in [3.63, 3.8) is 0 Å². The molecule has 0 saturated heterocycles. The highest BCUT2D eigenvalue weighted by Crippen LogP contribution is 2.36. The number of hydrogen-bond donors (Lipinski definition) is 0. The smallest absolute Gasteiger partial charge is 0.295 e. The summed E-state index contributed by atoms with van der Waals surface area (Å²) in [5.41, 5.74) is 1.37. The van der Waals surface area contributed by atoms with E-state index in [1.54, 1.807) is 24.3 Å². The van der Waals surface area contributed by atoms with Crippen LogP contribution in [0.5, 0.6) is 0 Å². The van der Waals surface area contributed by atoms with Crippen molar-refractivity contribution in [2.75, 3.05) is 14.1 Å². The van der Waals surface area contributed by atoms with Gasteiger partial charge < -0.3 is 0 Å². The van der Waals surface area contributed by atoms with E-state index < -0.39 is 12.2 Å². The van der Waals surface area contributed by atoms with Crippen molar-refractivity contribution < 1.29 is 13.2 Å². The lowest BCUT2D eigenvalue weighted by atomic mass is 9.99. The molecule has 0 saturated carbocycles. The largest absolute Gasteiger partial charge is 0.408 e. The molecule has 0 aliphatic heterocycles. The van der Waals surface area contributed by atoms with E-state index in [9.17, 15) is 13.2 Å². The fourth-order valence-electron chi connectivity index (χ4n) is 2.09. The monoisotopic (exact) mass is 259 g/mol. The summed E-state index contributed by atoms with van der Waals surface area (Å²) in [5.74, 6) is 0.503. The first-order valence-electron chi connectivity index (χ1n) is 6.03. The lowest BCUT2D eigenvalue weighted by Crippen LogP contribution is -2.33. The number of hydrogen-bond acceptors (Lipinski definition) is 1. The van der Waals surface area contributed by atoms with Crippen LogP contribution in [0.2, 0.25) is 0 Å². The summed E-state index contributed by atoms with van der Waals surface area (Å²) in [6, 6.07) is 5.20. The van der Waals surface area contributed by atoms with Crippen LogP contribution in [-0.2, 0) is 6.42 Å². The highest BCUT2D eigenvalue weighted by Gasteiger charge is 2.42. The van der Waals surface area contributed by atoms with Gasteiger partial charge in [0.15, 0.2) is 0 Å². The van der Waals surface area contributed by atoms with Gasteiger partial charge in [-0.3, -0.25) is 4.90 Å². The van der Waals surface area contributed by atoms with Crippen LogP contribution >= 0.6 is 0 Å². The van der Waals surface area contributed by atoms with Gasteiger partial charge in [-0.25, -0.2) is 0 Å². The number of nitrogens with zero attached hydrogens (tertiary/aromatic N) is 1. The van der Waals surface area contributed by atoms with Gasteiger partial charge in [0.1, 0.15) is 6.04 Å². The van der Waals surface area contributed by atoms with E-state index in [1.807, 2.05) is 0 Å². The molecule has 0 spiro atoms. The molecule has 0 aliphatic rings. The average molecular weight is 259 g/mol. The molecular formula is C14H20F3N. The molecule has 1 unspecified atom stereocenters. The van der Waals surface area contributed by atoms with E-state index >= 15 is 0 Å². The molecule has 0 N–H and O–H groups in total. The predicted octanol–water partition coefficient (Wildman–Crippen LogP) is 4.05. The Labute approximate surface area is 107 Å². The minimum atomic E-state index is -4.25. The van der Waals surface area contributed by atoms with Crippen LogP contribution in [-0.4, -0.2) is 25.2 Å². The van der Waals surface area contributed by atoms with Gasteiger partial charge in [-0.2, -0.15) is 13.2 Å². The van der Waals surface area contributed by atoms with Gasteiger partial charge in [-0.15, -0.1) is 0 Å². The first kappa shape index (κ1) is 15.0. The zero-order valence-corrected chi connectivity index (χ0v) is 11.3. The van der Waals surface area contributed by atoms with Gasteiger partial charge in [0.25, 0.3) is 0 Å². The molecule has 1 rings (SSSR count). The van der Waals surface area contributed by atoms with Crippen LogP contribution in [0.25, 0.3) is 0 Å². The van der Waals surface area contributed by atoms with E-state index in [4.69, 9.17) is 0 Å². The van der Waals surface area contributed by atoms with Crippen molar-refractivity contribution >= 4 is 0 Å². The van der Waals surface area contributed by atoms with Crippen molar-refractivity contribution in [2.24, 2.45) is 5.92 Å². The first-order chi connectivity index (χ1) is 8.21. The van der Waals surface area contributed by atoms with Crippen molar-refractivity contribution in [1.82, 2.24) is 4.90 Å². The maximum absolute atomic E-state index is 12.9. The Morgan fingerprint density at radius 3 is 1.89 bits per heavy atom. The summed E-state index contributed by atoms with van der Waals surface area (Å²) in [6.07, 6.45) is -3.36. The third-order valence-electron chi connectivity index (χ3n) is 2.77. The van der Waals surface area contributed by atoms with E-state index in [0.29, 0.717) is 11.5 Å². The highest BCUT2D eigenvalue weighted by atomic mass is 19.4. The molecule has 0 radical (unpaired) electrons. The number of halogens is 3. The van der Waals surface area contributed by atoms with Gasteiger partial charge in [-0.05, 0) is 37.6 Å². The molecule has 4 heteroatoms. The number of rotatable bonds is 4. The van der Waals surface area contributed by atoms with E-state index in [-0.39, 0.29) is 0 Å². The third-order valence-corrected chi connectivity index (χ3v) is 2.77. The van der Waals surface area contributed by atoms with Crippen LogP contribution in [0.3, 0.4) is 0 Å². The summed E-state index contributed by atoms with van der Waals surface area (Å²) in [6.45, 7) is 4.18. The zero-order valence-electron chi connectivity index (χ0n) is 11.3. The van der Waals surface area contributed by atoms with Gasteiger partial charge in [0.2, 0.25) is 0 Å². The number of alkyl halides is 3. The Hall–Kier alpha value is -1.03. The highest BCUT2D eigenvalue weighted by molar-refractivity contribution is 5.26. The Bertz CT molecular complexity index is 366. The second-order valence-corrected chi connectivity index (χ2v) is 5.25. The Kier molecular flexibility index (Phi) is 4.79. The standard InChI is InChI=1S/C14H20F3N/c1-10(2)9-11-5-7-12(8-6-11)13(18(3)4)14(15,16)17/h5-8,10,13H,9H2,1-4H3. The van der Waals surface area contributed by atoms with E-state index in [1.165, 1.54) is 19.0 Å². The average Bonchev–Trinajstić information content (AvgIpc) is 2.17. The lowest BCUT2D eigenvalue weighted by Gasteiger charge is -2.27. The Balaban J connectivity index is 2.95. The number of benzene rings is 1. The first-order valence-corrected chi connectivity index (χ1v) is 6.03. The Morgan fingerprint density at radius 1 is 1.06 bits per heavy atom. The van der Waals surface area contributed by atoms with E-state index in [0.717, 1.165) is 12.0 Å². The fourth-order valence-corrected chi connectivity index (χ4v) is 2.09. The third kappa shape index (κ3) is 4.02. The van der Waals surface area contributed by atoms with Gasteiger partial charge in [-0.1, -0.05) is 38.1 Å². The second-order valence-electron chi connectivity index (χ2n) is 5.25. The van der Waals surface area contributed by atoms with Crippen LogP contribution in [0, 0.1) is 5.92 Å². The molecule has 0 amide bonds. The molecule has 1 atom stereocenters. The topological polar surface area (TPSA) is 3.24 Å². The van der Waals surface area contributed by atoms with Gasteiger partial charge >= 0.3 is 6.18 Å². The lowest BCUT2D eigenvalue weighted by molar-refractivity contribution is -0.179. The van der Waals surface area contributed by atoms with Crippen molar-refractivity contribution in [3.8, 4) is 0 Å². The molecular weight excluding hydrogens is 239 g/mol. The summed E-state index contributed by atoms with van der Waals surface area (Å²) in [4.78, 5) is 1.19. The second kappa shape index (κ2) is 5.74. The minimum Gasteiger partial charge on any atom is -0.295 e. The van der Waals surface area contributed by atoms with Crippen molar-refractivity contribution in [2.45, 2.75) is 32.5 Å². The summed E-state index contributed by atoms with van der Waals surface area (Å²) in [5, 5.41) is 0. The minimum absolute atomic E-state index is 0.292. The molecule has 1 aromatic carbocycles. The SMILES string of the molecule is CC(C)Cc1ccc(C(N(C)C)C(F)(F)F)cc1. The molecule has 0 heterocycles. The molecule has 0 fully saturated rings. The zero-order chi connectivity index (χ0) is 13.9. The molecule has 102 valence electrons. The van der Waals surface area contributed by atoms with Crippen LogP contribution < -0.4 is 0 Å². The molecule has 18 heavy (non-hydrogen) atoms. The Morgan fingerprint density at radius 2 is 1.56 bits per heavy atom. The van der Waals surface area contributed by atoms with Gasteiger partial charge in [0, 0.05) is 0 Å². The molecule has 0 aromatic heterocycles. The van der Waals surface area contributed by atoms with Gasteiger partial charge in [0.05, 0.1) is 0 Å².